The Morgan fingerprint density at radius 1 is 0.914 bits per heavy atom. The van der Waals surface area contributed by atoms with E-state index in [0.717, 1.165) is 69.0 Å². The van der Waals surface area contributed by atoms with Crippen molar-refractivity contribution in [3.8, 4) is 11.5 Å². The summed E-state index contributed by atoms with van der Waals surface area (Å²) in [7, 11) is 3.36. The van der Waals surface area contributed by atoms with Crippen LogP contribution in [-0.4, -0.2) is 71.7 Å². The van der Waals surface area contributed by atoms with Crippen molar-refractivity contribution in [2.24, 2.45) is 5.92 Å². The lowest BCUT2D eigenvalue weighted by Gasteiger charge is -2.36. The Bertz CT molecular complexity index is 1040. The van der Waals surface area contributed by atoms with Gasteiger partial charge in [0.25, 0.3) is 0 Å². The summed E-state index contributed by atoms with van der Waals surface area (Å²) in [6, 6.07) is 14.5. The molecule has 2 N–H and O–H groups in total. The van der Waals surface area contributed by atoms with Crippen molar-refractivity contribution in [1.29, 1.82) is 0 Å². The molecule has 0 aromatic heterocycles. The number of carbonyl (C=O) groups is 3. The topological polar surface area (TPSA) is 117 Å². The Kier molecular flexibility index (Phi) is 9.08. The third-order valence-corrected chi connectivity index (χ3v) is 6.45. The van der Waals surface area contributed by atoms with Crippen LogP contribution in [0.2, 0.25) is 0 Å². The number of likely N-dealkylation sites (tertiary alicyclic amines) is 1. The second kappa shape index (κ2) is 12.2. The van der Waals surface area contributed by atoms with Gasteiger partial charge in [-0.1, -0.05) is 30.3 Å². The molecule has 0 aliphatic carbocycles. The fourth-order valence-corrected chi connectivity index (χ4v) is 4.50. The third kappa shape index (κ3) is 6.95. The van der Waals surface area contributed by atoms with Gasteiger partial charge in [0.15, 0.2) is 0 Å². The number of fused-ring (bicyclic) bond motifs is 1. The number of piperidine rings is 1. The molecule has 0 saturated carbocycles. The number of carbonyl (C=O) groups excluding carboxylic acids is 1. The van der Waals surface area contributed by atoms with Gasteiger partial charge < -0.3 is 24.6 Å². The highest BCUT2D eigenvalue weighted by Gasteiger charge is 2.30. The fourth-order valence-electron chi connectivity index (χ4n) is 4.50. The van der Waals surface area contributed by atoms with Gasteiger partial charge in [-0.2, -0.15) is 0 Å². The summed E-state index contributed by atoms with van der Waals surface area (Å²) in [5.41, 5.74) is 3.85. The van der Waals surface area contributed by atoms with Gasteiger partial charge in [-0.25, -0.2) is 9.59 Å². The fraction of sp³-hybridized carbons (Fsp3) is 0.423. The molecule has 0 radical (unpaired) electrons. The van der Waals surface area contributed by atoms with E-state index in [1.807, 2.05) is 12.1 Å². The highest BCUT2D eigenvalue weighted by Crippen LogP contribution is 2.29. The van der Waals surface area contributed by atoms with Crippen LogP contribution in [0, 0.1) is 5.92 Å². The average Bonchev–Trinajstić information content (AvgIpc) is 2.89. The average molecular weight is 485 g/mol. The summed E-state index contributed by atoms with van der Waals surface area (Å²) >= 11 is 0. The first-order chi connectivity index (χ1) is 16.8. The smallest absolute Gasteiger partial charge is 0.414 e. The zero-order valence-corrected chi connectivity index (χ0v) is 20.1. The van der Waals surface area contributed by atoms with Crippen LogP contribution in [0.5, 0.6) is 11.5 Å². The predicted molar refractivity (Wildman–Crippen MR) is 128 cm³/mol. The molecule has 2 aliphatic rings. The van der Waals surface area contributed by atoms with Gasteiger partial charge in [0.1, 0.15) is 11.5 Å². The molecule has 1 saturated heterocycles. The number of hydrogen-bond acceptors (Lipinski definition) is 6. The first-order valence-electron chi connectivity index (χ1n) is 11.6. The summed E-state index contributed by atoms with van der Waals surface area (Å²) in [5.74, 6) is -1.51. The molecule has 2 aliphatic heterocycles. The number of amides is 1. The standard InChI is InChI=1S/C24H30N2O3.C2H2O4/c1-28-22-8-7-21(23(15-22)29-2)16-25-12-9-19(10-13-25)24(27)26-14-11-18-5-3-4-6-20(18)17-26;3-1(4)2(5)6/h3-8,15,19H,9-14,16-17H2,1-2H3;(H,3,4)(H,5,6). The van der Waals surface area contributed by atoms with E-state index in [2.05, 4.69) is 40.1 Å². The number of methoxy groups -OCH3 is 2. The van der Waals surface area contributed by atoms with Gasteiger partial charge in [0.2, 0.25) is 5.91 Å². The molecule has 2 heterocycles. The van der Waals surface area contributed by atoms with Gasteiger partial charge >= 0.3 is 11.9 Å². The van der Waals surface area contributed by atoms with E-state index in [-0.39, 0.29) is 5.92 Å². The number of carboxylic acids is 2. The summed E-state index contributed by atoms with van der Waals surface area (Å²) in [6.07, 6.45) is 2.82. The van der Waals surface area contributed by atoms with Crippen LogP contribution in [0.4, 0.5) is 0 Å². The molecule has 4 rings (SSSR count). The number of benzene rings is 2. The Morgan fingerprint density at radius 2 is 1.57 bits per heavy atom. The molecule has 1 fully saturated rings. The van der Waals surface area contributed by atoms with Gasteiger partial charge in [-0.05, 0) is 49.5 Å². The van der Waals surface area contributed by atoms with Crippen molar-refractivity contribution < 1.29 is 34.1 Å². The molecule has 188 valence electrons. The molecule has 0 spiro atoms. The summed E-state index contributed by atoms with van der Waals surface area (Å²) in [6.45, 7) is 4.33. The minimum atomic E-state index is -1.82. The van der Waals surface area contributed by atoms with Gasteiger partial charge in [-0.3, -0.25) is 9.69 Å². The van der Waals surface area contributed by atoms with Crippen LogP contribution in [0.3, 0.4) is 0 Å². The Hall–Kier alpha value is -3.59. The van der Waals surface area contributed by atoms with Gasteiger partial charge in [0.05, 0.1) is 14.2 Å². The molecule has 0 atom stereocenters. The molecule has 2 aromatic carbocycles. The molecule has 0 unspecified atom stereocenters. The lowest BCUT2D eigenvalue weighted by molar-refractivity contribution is -0.159. The van der Waals surface area contributed by atoms with Crippen molar-refractivity contribution in [1.82, 2.24) is 9.80 Å². The highest BCUT2D eigenvalue weighted by molar-refractivity contribution is 6.27. The molecule has 1 amide bonds. The Morgan fingerprint density at radius 3 is 2.17 bits per heavy atom. The summed E-state index contributed by atoms with van der Waals surface area (Å²) in [5, 5.41) is 14.8. The number of carboxylic acid groups (broad SMARTS) is 2. The quantitative estimate of drug-likeness (QED) is 0.623. The molecular weight excluding hydrogens is 452 g/mol. The van der Waals surface area contributed by atoms with E-state index in [0.29, 0.717) is 5.91 Å². The Labute approximate surface area is 204 Å². The largest absolute Gasteiger partial charge is 0.497 e. The lowest BCUT2D eigenvalue weighted by atomic mass is 9.93. The van der Waals surface area contributed by atoms with Crippen molar-refractivity contribution in [3.05, 3.63) is 59.2 Å². The van der Waals surface area contributed by atoms with Crippen LogP contribution in [-0.2, 0) is 33.9 Å². The minimum absolute atomic E-state index is 0.147. The number of hydrogen-bond donors (Lipinski definition) is 2. The molecule has 2 aromatic rings. The zero-order valence-electron chi connectivity index (χ0n) is 20.1. The molecule has 35 heavy (non-hydrogen) atoms. The van der Waals surface area contributed by atoms with E-state index < -0.39 is 11.9 Å². The van der Waals surface area contributed by atoms with Crippen LogP contribution < -0.4 is 9.47 Å². The Balaban J connectivity index is 0.000000509. The SMILES string of the molecule is COc1ccc(CN2CCC(C(=O)N3CCc4ccccc4C3)CC2)c(OC)c1.O=C(O)C(=O)O. The second-order valence-electron chi connectivity index (χ2n) is 8.62. The lowest BCUT2D eigenvalue weighted by Crippen LogP contribution is -2.44. The van der Waals surface area contributed by atoms with Crippen molar-refractivity contribution in [2.75, 3.05) is 33.9 Å². The van der Waals surface area contributed by atoms with Crippen LogP contribution in [0.15, 0.2) is 42.5 Å². The number of rotatable bonds is 5. The maximum atomic E-state index is 13.1. The minimum Gasteiger partial charge on any atom is -0.497 e. The van der Waals surface area contributed by atoms with Crippen LogP contribution >= 0.6 is 0 Å². The maximum absolute atomic E-state index is 13.1. The predicted octanol–water partition coefficient (Wildman–Crippen LogP) is 2.66. The normalized spacial score (nSPS) is 15.9. The second-order valence-corrected chi connectivity index (χ2v) is 8.62. The zero-order chi connectivity index (χ0) is 25.4. The third-order valence-electron chi connectivity index (χ3n) is 6.45. The van der Waals surface area contributed by atoms with E-state index >= 15 is 0 Å². The maximum Gasteiger partial charge on any atom is 0.414 e. The number of ether oxygens (including phenoxy) is 2. The molecule has 9 heteroatoms. The molecular formula is C26H32N2O7. The number of nitrogens with zero attached hydrogens (tertiary/aromatic N) is 2. The van der Waals surface area contributed by atoms with E-state index in [1.54, 1.807) is 14.2 Å². The highest BCUT2D eigenvalue weighted by atomic mass is 16.5. The number of aliphatic carboxylic acids is 2. The van der Waals surface area contributed by atoms with Crippen molar-refractivity contribution in [3.63, 3.8) is 0 Å². The molecule has 9 nitrogen and oxygen atoms in total. The van der Waals surface area contributed by atoms with Crippen LogP contribution in [0.1, 0.15) is 29.5 Å². The van der Waals surface area contributed by atoms with Crippen LogP contribution in [0.25, 0.3) is 0 Å². The van der Waals surface area contributed by atoms with Crippen molar-refractivity contribution in [2.45, 2.75) is 32.4 Å². The monoisotopic (exact) mass is 484 g/mol. The first kappa shape index (κ1) is 26.0. The summed E-state index contributed by atoms with van der Waals surface area (Å²) in [4.78, 5) is 35.8. The van der Waals surface area contributed by atoms with Gasteiger partial charge in [-0.15, -0.1) is 0 Å². The van der Waals surface area contributed by atoms with E-state index in [4.69, 9.17) is 29.3 Å². The van der Waals surface area contributed by atoms with E-state index in [1.165, 1.54) is 11.1 Å². The van der Waals surface area contributed by atoms with Crippen molar-refractivity contribution >= 4 is 17.8 Å². The summed E-state index contributed by atoms with van der Waals surface area (Å²) < 4.78 is 10.8. The first-order valence-corrected chi connectivity index (χ1v) is 11.6. The van der Waals surface area contributed by atoms with Gasteiger partial charge in [0, 0.05) is 37.2 Å². The van der Waals surface area contributed by atoms with E-state index in [9.17, 15) is 4.79 Å². The molecule has 0 bridgehead atoms.